The van der Waals surface area contributed by atoms with Gasteiger partial charge in [0.15, 0.2) is 5.15 Å². The molecule has 28 heavy (non-hydrogen) atoms. The lowest BCUT2D eigenvalue weighted by Crippen LogP contribution is -2.53. The molecule has 1 aliphatic rings. The molecule has 1 N–H and O–H groups in total. The zero-order valence-electron chi connectivity index (χ0n) is 15.2. The molecule has 1 amide bonds. The molecule has 0 saturated carbocycles. The molecule has 1 aliphatic heterocycles. The van der Waals surface area contributed by atoms with Gasteiger partial charge >= 0.3 is 0 Å². The summed E-state index contributed by atoms with van der Waals surface area (Å²) < 4.78 is 40.0. The summed E-state index contributed by atoms with van der Waals surface area (Å²) in [5, 5.41) is 2.94. The highest BCUT2D eigenvalue weighted by Crippen LogP contribution is 2.21. The molecule has 1 aromatic carbocycles. The third kappa shape index (κ3) is 4.49. The number of halogens is 2. The Hall–Kier alpha value is -2.07. The van der Waals surface area contributed by atoms with Gasteiger partial charge in [-0.1, -0.05) is 17.7 Å². The maximum absolute atomic E-state index is 13.4. The number of carbonyl (C=O) groups excluding carboxylic acids is 1. The Balaban J connectivity index is 1.61. The summed E-state index contributed by atoms with van der Waals surface area (Å²) >= 11 is 5.96. The van der Waals surface area contributed by atoms with E-state index < -0.39 is 21.9 Å². The number of sulfonamides is 1. The van der Waals surface area contributed by atoms with Gasteiger partial charge in [0.1, 0.15) is 5.82 Å². The molecule has 10 heteroatoms. The topological polar surface area (TPSA) is 82.6 Å². The molecule has 7 nitrogen and oxygen atoms in total. The van der Waals surface area contributed by atoms with Gasteiger partial charge in [0.25, 0.3) is 0 Å². The monoisotopic (exact) mass is 426 g/mol. The predicted molar refractivity (Wildman–Crippen MR) is 104 cm³/mol. The number of anilines is 1. The average Bonchev–Trinajstić information content (AvgIpc) is 2.69. The van der Waals surface area contributed by atoms with E-state index >= 15 is 0 Å². The third-order valence-corrected chi connectivity index (χ3v) is 6.85. The van der Waals surface area contributed by atoms with E-state index in [-0.39, 0.29) is 29.0 Å². The van der Waals surface area contributed by atoms with Crippen molar-refractivity contribution in [2.45, 2.75) is 17.9 Å². The molecule has 0 aliphatic carbocycles. The summed E-state index contributed by atoms with van der Waals surface area (Å²) in [4.78, 5) is 18.2. The zero-order valence-corrected chi connectivity index (χ0v) is 16.8. The summed E-state index contributed by atoms with van der Waals surface area (Å²) in [6.07, 6.45) is 1.53. The number of pyridine rings is 1. The number of rotatable bonds is 5. The second-order valence-electron chi connectivity index (χ2n) is 6.40. The van der Waals surface area contributed by atoms with Crippen molar-refractivity contribution in [3.05, 3.63) is 53.6 Å². The van der Waals surface area contributed by atoms with E-state index in [2.05, 4.69) is 10.3 Å². The number of hydrogen-bond donors (Lipinski definition) is 1. The molecule has 1 fully saturated rings. The summed E-state index contributed by atoms with van der Waals surface area (Å²) in [7, 11) is -3.77. The molecule has 0 bridgehead atoms. The van der Waals surface area contributed by atoms with Gasteiger partial charge in [0.2, 0.25) is 15.9 Å². The number of carbonyl (C=O) groups is 1. The molecule has 1 aromatic heterocycles. The van der Waals surface area contributed by atoms with E-state index in [1.807, 2.05) is 4.90 Å². The van der Waals surface area contributed by atoms with Gasteiger partial charge in [-0.3, -0.25) is 9.69 Å². The molecule has 1 saturated heterocycles. The standard InChI is InChI=1S/C18H20ClFN4O3S/c1-13(18(25)22-16-6-3-7-21-17(16)19)23-8-10-24(11-9-23)28(26,27)15-5-2-4-14(20)12-15/h2-7,12-13H,8-11H2,1H3,(H,22,25). The van der Waals surface area contributed by atoms with Crippen molar-refractivity contribution in [3.63, 3.8) is 0 Å². The number of nitrogens with zero attached hydrogens (tertiary/aromatic N) is 3. The molecule has 0 spiro atoms. The van der Waals surface area contributed by atoms with Crippen LogP contribution in [0.1, 0.15) is 6.92 Å². The van der Waals surface area contributed by atoms with E-state index in [1.54, 1.807) is 19.1 Å². The van der Waals surface area contributed by atoms with Crippen LogP contribution < -0.4 is 5.32 Å². The highest BCUT2D eigenvalue weighted by Gasteiger charge is 2.32. The van der Waals surface area contributed by atoms with Crippen LogP contribution in [-0.2, 0) is 14.8 Å². The first-order valence-electron chi connectivity index (χ1n) is 8.70. The van der Waals surface area contributed by atoms with Crippen LogP contribution in [0.2, 0.25) is 5.15 Å². The van der Waals surface area contributed by atoms with Gasteiger partial charge in [0, 0.05) is 32.4 Å². The summed E-state index contributed by atoms with van der Waals surface area (Å²) in [6, 6.07) is 7.80. The Morgan fingerprint density at radius 3 is 2.57 bits per heavy atom. The highest BCUT2D eigenvalue weighted by molar-refractivity contribution is 7.89. The van der Waals surface area contributed by atoms with E-state index in [0.29, 0.717) is 18.8 Å². The van der Waals surface area contributed by atoms with Gasteiger partial charge < -0.3 is 5.32 Å². The molecule has 2 heterocycles. The van der Waals surface area contributed by atoms with Gasteiger partial charge in [-0.15, -0.1) is 0 Å². The lowest BCUT2D eigenvalue weighted by molar-refractivity contribution is -0.121. The fourth-order valence-corrected chi connectivity index (χ4v) is 4.61. The number of piperazine rings is 1. The normalized spacial score (nSPS) is 17.2. The van der Waals surface area contributed by atoms with Gasteiger partial charge in [0.05, 0.1) is 16.6 Å². The fraction of sp³-hybridized carbons (Fsp3) is 0.333. The Labute approximate surface area is 168 Å². The second-order valence-corrected chi connectivity index (χ2v) is 8.70. The van der Waals surface area contributed by atoms with Crippen LogP contribution in [0.25, 0.3) is 0 Å². The van der Waals surface area contributed by atoms with E-state index in [1.165, 1.54) is 28.7 Å². The van der Waals surface area contributed by atoms with Crippen molar-refractivity contribution in [3.8, 4) is 0 Å². The predicted octanol–water partition coefficient (Wildman–Crippen LogP) is 2.21. The molecule has 0 radical (unpaired) electrons. The summed E-state index contributed by atoms with van der Waals surface area (Å²) in [5.74, 6) is -0.851. The quantitative estimate of drug-likeness (QED) is 0.741. The van der Waals surface area contributed by atoms with Crippen LogP contribution in [0.5, 0.6) is 0 Å². The Bertz CT molecular complexity index is 965. The summed E-state index contributed by atoms with van der Waals surface area (Å²) in [6.45, 7) is 2.93. The Morgan fingerprint density at radius 2 is 1.93 bits per heavy atom. The van der Waals surface area contributed by atoms with Crippen molar-refractivity contribution in [2.75, 3.05) is 31.5 Å². The van der Waals surface area contributed by atoms with Crippen LogP contribution in [0.3, 0.4) is 0 Å². The van der Waals surface area contributed by atoms with Crippen LogP contribution >= 0.6 is 11.6 Å². The van der Waals surface area contributed by atoms with Crippen molar-refractivity contribution in [1.29, 1.82) is 0 Å². The maximum Gasteiger partial charge on any atom is 0.243 e. The first-order valence-corrected chi connectivity index (χ1v) is 10.5. The molecule has 150 valence electrons. The Kier molecular flexibility index (Phi) is 6.29. The molecular formula is C18H20ClFN4O3S. The van der Waals surface area contributed by atoms with Crippen molar-refractivity contribution >= 4 is 33.2 Å². The summed E-state index contributed by atoms with van der Waals surface area (Å²) in [5.41, 5.74) is 0.424. The number of hydrogen-bond acceptors (Lipinski definition) is 5. The SMILES string of the molecule is CC(C(=O)Nc1cccnc1Cl)N1CCN(S(=O)(=O)c2cccc(F)c2)CC1. The number of nitrogens with one attached hydrogen (secondary N) is 1. The molecule has 1 unspecified atom stereocenters. The van der Waals surface area contributed by atoms with Gasteiger partial charge in [-0.25, -0.2) is 17.8 Å². The first-order chi connectivity index (χ1) is 13.3. The van der Waals surface area contributed by atoms with Crippen LogP contribution in [-0.4, -0.2) is 60.7 Å². The number of aromatic nitrogens is 1. The molecular weight excluding hydrogens is 407 g/mol. The van der Waals surface area contributed by atoms with Gasteiger partial charge in [-0.2, -0.15) is 4.31 Å². The average molecular weight is 427 g/mol. The molecule has 2 aromatic rings. The second kappa shape index (κ2) is 8.52. The minimum atomic E-state index is -3.77. The van der Waals surface area contributed by atoms with Crippen molar-refractivity contribution < 1.29 is 17.6 Å². The minimum absolute atomic E-state index is 0.0713. The molecule has 3 rings (SSSR count). The highest BCUT2D eigenvalue weighted by atomic mass is 35.5. The lowest BCUT2D eigenvalue weighted by Gasteiger charge is -2.36. The van der Waals surface area contributed by atoms with Crippen molar-refractivity contribution in [2.24, 2.45) is 0 Å². The smallest absolute Gasteiger partial charge is 0.243 e. The Morgan fingerprint density at radius 1 is 1.21 bits per heavy atom. The third-order valence-electron chi connectivity index (χ3n) is 4.65. The molecule has 1 atom stereocenters. The fourth-order valence-electron chi connectivity index (χ4n) is 2.99. The van der Waals surface area contributed by atoms with E-state index in [9.17, 15) is 17.6 Å². The lowest BCUT2D eigenvalue weighted by atomic mass is 10.2. The number of benzene rings is 1. The van der Waals surface area contributed by atoms with Crippen LogP contribution in [0.4, 0.5) is 10.1 Å². The zero-order chi connectivity index (χ0) is 20.3. The van der Waals surface area contributed by atoms with Gasteiger partial charge in [-0.05, 0) is 37.3 Å². The van der Waals surface area contributed by atoms with Crippen LogP contribution in [0.15, 0.2) is 47.5 Å². The minimum Gasteiger partial charge on any atom is -0.322 e. The number of amides is 1. The van der Waals surface area contributed by atoms with Crippen molar-refractivity contribution in [1.82, 2.24) is 14.2 Å². The first kappa shape index (κ1) is 20.7. The maximum atomic E-state index is 13.4. The van der Waals surface area contributed by atoms with E-state index in [0.717, 1.165) is 6.07 Å². The van der Waals surface area contributed by atoms with E-state index in [4.69, 9.17) is 11.6 Å². The van der Waals surface area contributed by atoms with Crippen LogP contribution in [0, 0.1) is 5.82 Å². The largest absolute Gasteiger partial charge is 0.322 e.